The van der Waals surface area contributed by atoms with Crippen molar-refractivity contribution in [1.82, 2.24) is 10.3 Å². The molecule has 0 saturated heterocycles. The zero-order chi connectivity index (χ0) is 17.2. The fraction of sp³-hybridized carbons (Fsp3) is 0.235. The molecule has 0 aliphatic carbocycles. The maximum Gasteiger partial charge on any atom is 0.407 e. The first-order valence-electron chi connectivity index (χ1n) is 7.16. The van der Waals surface area contributed by atoms with Gasteiger partial charge in [0.15, 0.2) is 5.01 Å². The van der Waals surface area contributed by atoms with E-state index in [-0.39, 0.29) is 6.61 Å². The Morgan fingerprint density at radius 3 is 2.83 bits per heavy atom. The predicted octanol–water partition coefficient (Wildman–Crippen LogP) is 2.60. The summed E-state index contributed by atoms with van der Waals surface area (Å²) in [7, 11) is 1.32. The van der Waals surface area contributed by atoms with Crippen molar-refractivity contribution in [3.05, 3.63) is 52.0 Å². The number of alkyl carbamates (subject to hydrolysis) is 1. The van der Waals surface area contributed by atoms with Gasteiger partial charge in [-0.1, -0.05) is 47.6 Å². The number of hydrogen-bond donors (Lipinski definition) is 1. The van der Waals surface area contributed by atoms with E-state index in [1.807, 2.05) is 30.3 Å². The van der Waals surface area contributed by atoms with Crippen LogP contribution in [0.2, 0.25) is 0 Å². The number of ether oxygens (including phenoxy) is 2. The van der Waals surface area contributed by atoms with Crippen molar-refractivity contribution in [2.75, 3.05) is 13.7 Å². The van der Waals surface area contributed by atoms with Crippen molar-refractivity contribution in [1.29, 1.82) is 0 Å². The van der Waals surface area contributed by atoms with Gasteiger partial charge in [0.25, 0.3) is 0 Å². The number of methoxy groups -OCH3 is 1. The summed E-state index contributed by atoms with van der Waals surface area (Å²) >= 11 is 1.16. The molecular weight excluding hydrogens is 328 g/mol. The SMILES string of the molecule is COC(=O)c1cnc(C#CCCNC(=O)OCc2ccccc2)s1. The summed E-state index contributed by atoms with van der Waals surface area (Å²) < 4.78 is 9.67. The summed E-state index contributed by atoms with van der Waals surface area (Å²) in [6.07, 6.45) is 1.40. The number of thiazole rings is 1. The highest BCUT2D eigenvalue weighted by Gasteiger charge is 2.08. The summed E-state index contributed by atoms with van der Waals surface area (Å²) in [6.45, 7) is 0.601. The molecule has 0 fully saturated rings. The van der Waals surface area contributed by atoms with Crippen molar-refractivity contribution in [3.8, 4) is 11.8 Å². The molecule has 1 aromatic carbocycles. The minimum absolute atomic E-state index is 0.230. The molecule has 0 aliphatic heterocycles. The number of aromatic nitrogens is 1. The van der Waals surface area contributed by atoms with Gasteiger partial charge in [0.1, 0.15) is 11.5 Å². The van der Waals surface area contributed by atoms with E-state index in [1.165, 1.54) is 13.3 Å². The van der Waals surface area contributed by atoms with Gasteiger partial charge in [-0.15, -0.1) is 0 Å². The molecule has 1 N–H and O–H groups in total. The predicted molar refractivity (Wildman–Crippen MR) is 89.6 cm³/mol. The molecule has 1 amide bonds. The van der Waals surface area contributed by atoms with Crippen molar-refractivity contribution in [2.24, 2.45) is 0 Å². The minimum Gasteiger partial charge on any atom is -0.465 e. The van der Waals surface area contributed by atoms with Gasteiger partial charge in [-0.05, 0) is 11.5 Å². The van der Waals surface area contributed by atoms with Gasteiger partial charge in [0.05, 0.1) is 13.3 Å². The molecule has 0 spiro atoms. The van der Waals surface area contributed by atoms with Crippen LogP contribution in [0, 0.1) is 11.8 Å². The standard InChI is InChI=1S/C17H16N2O4S/c1-22-16(20)14-11-19-15(24-14)9-5-6-10-18-17(21)23-12-13-7-3-2-4-8-13/h2-4,7-8,11H,6,10,12H2,1H3,(H,18,21). The molecule has 1 aromatic heterocycles. The number of rotatable bonds is 5. The van der Waals surface area contributed by atoms with Crippen LogP contribution in [0.1, 0.15) is 26.7 Å². The third-order valence-electron chi connectivity index (χ3n) is 2.82. The molecule has 7 heteroatoms. The third-order valence-corrected chi connectivity index (χ3v) is 3.71. The number of amides is 1. The Morgan fingerprint density at radius 1 is 1.29 bits per heavy atom. The molecule has 1 heterocycles. The van der Waals surface area contributed by atoms with Crippen molar-refractivity contribution in [3.63, 3.8) is 0 Å². The first kappa shape index (κ1) is 17.5. The highest BCUT2D eigenvalue weighted by atomic mass is 32.1. The molecule has 0 unspecified atom stereocenters. The molecule has 0 atom stereocenters. The van der Waals surface area contributed by atoms with Crippen molar-refractivity contribution in [2.45, 2.75) is 13.0 Å². The quantitative estimate of drug-likeness (QED) is 0.512. The Morgan fingerprint density at radius 2 is 2.08 bits per heavy atom. The Hall–Kier alpha value is -2.85. The lowest BCUT2D eigenvalue weighted by molar-refractivity contribution is 0.0606. The summed E-state index contributed by atoms with van der Waals surface area (Å²) in [4.78, 5) is 27.2. The van der Waals surface area contributed by atoms with Crippen molar-refractivity contribution >= 4 is 23.4 Å². The zero-order valence-corrected chi connectivity index (χ0v) is 13.9. The van der Waals surface area contributed by atoms with Crippen LogP contribution < -0.4 is 5.32 Å². The van der Waals surface area contributed by atoms with Crippen LogP contribution in [0.15, 0.2) is 36.5 Å². The second kappa shape index (κ2) is 9.33. The maximum atomic E-state index is 11.5. The van der Waals surface area contributed by atoms with E-state index in [0.717, 1.165) is 16.9 Å². The fourth-order valence-corrected chi connectivity index (χ4v) is 2.38. The number of esters is 1. The highest BCUT2D eigenvalue weighted by molar-refractivity contribution is 7.14. The molecule has 6 nitrogen and oxygen atoms in total. The van der Waals surface area contributed by atoms with E-state index in [4.69, 9.17) is 4.74 Å². The van der Waals surface area contributed by atoms with Crippen LogP contribution in [0.5, 0.6) is 0 Å². The van der Waals surface area contributed by atoms with Gasteiger partial charge in [-0.25, -0.2) is 14.6 Å². The Balaban J connectivity index is 1.67. The smallest absolute Gasteiger partial charge is 0.407 e. The second-order valence-electron chi connectivity index (χ2n) is 4.56. The number of nitrogens with zero attached hydrogens (tertiary/aromatic N) is 1. The largest absolute Gasteiger partial charge is 0.465 e. The van der Waals surface area contributed by atoms with Crippen LogP contribution in [0.25, 0.3) is 0 Å². The summed E-state index contributed by atoms with van der Waals surface area (Å²) in [5, 5.41) is 3.15. The maximum absolute atomic E-state index is 11.5. The van der Waals surface area contributed by atoms with Crippen LogP contribution in [0.3, 0.4) is 0 Å². The van der Waals surface area contributed by atoms with Crippen molar-refractivity contribution < 1.29 is 19.1 Å². The first-order chi connectivity index (χ1) is 11.7. The van der Waals surface area contributed by atoms with Gasteiger partial charge in [0, 0.05) is 13.0 Å². The minimum atomic E-state index is -0.483. The third kappa shape index (κ3) is 5.74. The molecule has 24 heavy (non-hydrogen) atoms. The molecule has 2 aromatic rings. The lowest BCUT2D eigenvalue weighted by Gasteiger charge is -2.05. The zero-order valence-electron chi connectivity index (χ0n) is 13.1. The van der Waals surface area contributed by atoms with E-state index in [9.17, 15) is 9.59 Å². The van der Waals surface area contributed by atoms with E-state index >= 15 is 0 Å². The summed E-state index contributed by atoms with van der Waals surface area (Å²) in [6, 6.07) is 9.44. The molecule has 0 aliphatic rings. The summed E-state index contributed by atoms with van der Waals surface area (Å²) in [5.41, 5.74) is 0.928. The fourth-order valence-electron chi connectivity index (χ4n) is 1.67. The van der Waals surface area contributed by atoms with E-state index in [1.54, 1.807) is 0 Å². The topological polar surface area (TPSA) is 77.5 Å². The molecule has 0 bridgehead atoms. The van der Waals surface area contributed by atoms with Gasteiger partial charge < -0.3 is 14.8 Å². The first-order valence-corrected chi connectivity index (χ1v) is 7.98. The van der Waals surface area contributed by atoms with Gasteiger partial charge in [-0.2, -0.15) is 0 Å². The van der Waals surface area contributed by atoms with E-state index < -0.39 is 12.1 Å². The Kier molecular flexibility index (Phi) is 6.80. The average Bonchev–Trinajstić information content (AvgIpc) is 3.09. The van der Waals surface area contributed by atoms with Crippen LogP contribution in [-0.4, -0.2) is 30.7 Å². The average molecular weight is 344 g/mol. The van der Waals surface area contributed by atoms with Crippen LogP contribution >= 0.6 is 11.3 Å². The second-order valence-corrected chi connectivity index (χ2v) is 5.59. The molecule has 124 valence electrons. The lowest BCUT2D eigenvalue weighted by Crippen LogP contribution is -2.24. The van der Waals surface area contributed by atoms with Crippen LogP contribution in [0.4, 0.5) is 4.79 Å². The van der Waals surface area contributed by atoms with E-state index in [0.29, 0.717) is 22.9 Å². The van der Waals surface area contributed by atoms with Gasteiger partial charge in [-0.3, -0.25) is 0 Å². The normalized spacial score (nSPS) is 9.54. The Labute approximate surface area is 143 Å². The number of hydrogen-bond acceptors (Lipinski definition) is 6. The Bertz CT molecular complexity index is 747. The monoisotopic (exact) mass is 344 g/mol. The van der Waals surface area contributed by atoms with Crippen LogP contribution in [-0.2, 0) is 16.1 Å². The highest BCUT2D eigenvalue weighted by Crippen LogP contribution is 2.12. The molecule has 0 radical (unpaired) electrons. The molecule has 2 rings (SSSR count). The number of carbonyl (C=O) groups is 2. The lowest BCUT2D eigenvalue weighted by atomic mass is 10.2. The number of carbonyl (C=O) groups excluding carboxylic acids is 2. The molecular formula is C17H16N2O4S. The van der Waals surface area contributed by atoms with E-state index in [2.05, 4.69) is 26.9 Å². The van der Waals surface area contributed by atoms with Gasteiger partial charge >= 0.3 is 12.1 Å². The number of benzene rings is 1. The number of nitrogens with one attached hydrogen (secondary N) is 1. The summed E-state index contributed by atoms with van der Waals surface area (Å²) in [5.74, 6) is 5.28. The molecule has 0 saturated carbocycles. The van der Waals surface area contributed by atoms with Gasteiger partial charge in [0.2, 0.25) is 0 Å².